The van der Waals surface area contributed by atoms with E-state index in [9.17, 15) is 13.6 Å². The number of ether oxygens (including phenoxy) is 1. The molecule has 260 valence electrons. The van der Waals surface area contributed by atoms with Crippen LogP contribution >= 0.6 is 0 Å². The first-order chi connectivity index (χ1) is 22.1. The number of hydrogen-bond acceptors (Lipinski definition) is 4. The molecule has 0 spiro atoms. The van der Waals surface area contributed by atoms with Crippen molar-refractivity contribution in [3.05, 3.63) is 35.4 Å². The summed E-state index contributed by atoms with van der Waals surface area (Å²) >= 11 is 0. The Hall–Kier alpha value is -1.53. The lowest BCUT2D eigenvalue weighted by Crippen LogP contribution is -2.18. The number of aliphatic hydroxyl groups is 2. The molecule has 0 saturated heterocycles. The van der Waals surface area contributed by atoms with Crippen LogP contribution in [0.15, 0.2) is 18.2 Å². The molecule has 2 N–H and O–H groups in total. The normalized spacial score (nSPS) is 16.8. The van der Waals surface area contributed by atoms with Gasteiger partial charge in [0.15, 0.2) is 11.6 Å². The van der Waals surface area contributed by atoms with Crippen LogP contribution in [0.1, 0.15) is 178 Å². The van der Waals surface area contributed by atoms with E-state index in [0.717, 1.165) is 109 Å². The van der Waals surface area contributed by atoms with E-state index in [-0.39, 0.29) is 31.0 Å². The van der Waals surface area contributed by atoms with Crippen LogP contribution in [0.3, 0.4) is 0 Å². The highest BCUT2D eigenvalue weighted by molar-refractivity contribution is 5.72. The first kappa shape index (κ1) is 39.6. The Kier molecular flexibility index (Phi) is 23.4. The van der Waals surface area contributed by atoms with E-state index >= 15 is 0 Å². The summed E-state index contributed by atoms with van der Waals surface area (Å²) < 4.78 is 33.4. The maximum atomic E-state index is 14.1. The number of rotatable bonds is 28. The molecule has 1 aromatic carbocycles. The van der Waals surface area contributed by atoms with Crippen molar-refractivity contribution < 1.29 is 28.5 Å². The topological polar surface area (TPSA) is 66.8 Å². The van der Waals surface area contributed by atoms with Crippen molar-refractivity contribution in [2.75, 3.05) is 19.8 Å². The van der Waals surface area contributed by atoms with Gasteiger partial charge in [0.1, 0.15) is 0 Å². The fourth-order valence-electron chi connectivity index (χ4n) is 7.11. The lowest BCUT2D eigenvalue weighted by Gasteiger charge is -2.29. The van der Waals surface area contributed by atoms with Crippen LogP contribution in [0, 0.1) is 23.5 Å². The molecule has 0 amide bonds. The highest BCUT2D eigenvalue weighted by Crippen LogP contribution is 2.39. The van der Waals surface area contributed by atoms with E-state index in [4.69, 9.17) is 14.9 Å². The van der Waals surface area contributed by atoms with Crippen molar-refractivity contribution in [1.29, 1.82) is 0 Å². The number of esters is 1. The van der Waals surface area contributed by atoms with E-state index in [2.05, 4.69) is 0 Å². The van der Waals surface area contributed by atoms with E-state index < -0.39 is 11.6 Å². The molecule has 0 aliphatic heterocycles. The van der Waals surface area contributed by atoms with Gasteiger partial charge < -0.3 is 14.9 Å². The molecular weight excluding hydrogens is 570 g/mol. The summed E-state index contributed by atoms with van der Waals surface area (Å²) in [5, 5.41) is 17.9. The highest BCUT2D eigenvalue weighted by Gasteiger charge is 2.25. The van der Waals surface area contributed by atoms with Crippen molar-refractivity contribution in [1.82, 2.24) is 0 Å². The average molecular weight is 637 g/mol. The monoisotopic (exact) mass is 636 g/mol. The van der Waals surface area contributed by atoms with E-state index in [1.54, 1.807) is 12.1 Å². The Bertz CT molecular complexity index is 841. The molecule has 0 aromatic heterocycles. The lowest BCUT2D eigenvalue weighted by atomic mass is 9.77. The summed E-state index contributed by atoms with van der Waals surface area (Å²) in [6, 6.07) is 4.60. The Morgan fingerprint density at radius 3 is 1.71 bits per heavy atom. The second-order valence-electron chi connectivity index (χ2n) is 13.8. The molecule has 1 saturated carbocycles. The minimum atomic E-state index is -0.718. The standard InChI is InChI=1S/C39H66F2O4/c40-37-25-20-24-36(38(37)41)34-28-26-33(27-29-34)21-14-8-6-4-2-1-3-5-7-13-19-32-45-39(44)35(22-15-9-11-17-30-42)23-16-10-12-18-31-43/h20,24-25,33-35,42-43H,1-19,21-23,26-32H2/t33-,34-. The van der Waals surface area contributed by atoms with Gasteiger partial charge in [0.2, 0.25) is 0 Å². The third-order valence-corrected chi connectivity index (χ3v) is 10.0. The lowest BCUT2D eigenvalue weighted by molar-refractivity contribution is -0.149. The molecule has 4 nitrogen and oxygen atoms in total. The zero-order chi connectivity index (χ0) is 32.4. The first-order valence-corrected chi connectivity index (χ1v) is 18.9. The Morgan fingerprint density at radius 1 is 0.667 bits per heavy atom. The number of unbranched alkanes of at least 4 members (excludes halogenated alkanes) is 16. The average Bonchev–Trinajstić information content (AvgIpc) is 3.05. The van der Waals surface area contributed by atoms with Gasteiger partial charge in [-0.25, -0.2) is 8.78 Å². The molecule has 45 heavy (non-hydrogen) atoms. The zero-order valence-corrected chi connectivity index (χ0v) is 28.4. The molecule has 1 aromatic rings. The summed E-state index contributed by atoms with van der Waals surface area (Å²) in [6.07, 6.45) is 28.9. The van der Waals surface area contributed by atoms with Crippen LogP contribution in [0.25, 0.3) is 0 Å². The Labute approximate surface area is 274 Å². The largest absolute Gasteiger partial charge is 0.465 e. The van der Waals surface area contributed by atoms with Crippen molar-refractivity contribution >= 4 is 5.97 Å². The first-order valence-electron chi connectivity index (χ1n) is 18.9. The molecular formula is C39H66F2O4. The molecule has 0 atom stereocenters. The van der Waals surface area contributed by atoms with Crippen molar-refractivity contribution in [2.45, 2.75) is 173 Å². The summed E-state index contributed by atoms with van der Waals surface area (Å²) in [4.78, 5) is 12.7. The summed E-state index contributed by atoms with van der Waals surface area (Å²) in [7, 11) is 0. The van der Waals surface area contributed by atoms with Gasteiger partial charge in [-0.05, 0) is 81.3 Å². The van der Waals surface area contributed by atoms with Crippen LogP contribution in [0.4, 0.5) is 8.78 Å². The second-order valence-corrected chi connectivity index (χ2v) is 13.8. The van der Waals surface area contributed by atoms with Crippen molar-refractivity contribution in [3.63, 3.8) is 0 Å². The molecule has 1 aliphatic rings. The quantitative estimate of drug-likeness (QED) is 0.0709. The Balaban J connectivity index is 1.40. The number of halogens is 2. The minimum Gasteiger partial charge on any atom is -0.465 e. The fourth-order valence-corrected chi connectivity index (χ4v) is 7.11. The van der Waals surface area contributed by atoms with E-state index in [0.29, 0.717) is 12.2 Å². The summed E-state index contributed by atoms with van der Waals surface area (Å²) in [6.45, 7) is 1.03. The van der Waals surface area contributed by atoms with Gasteiger partial charge in [0, 0.05) is 13.2 Å². The molecule has 0 heterocycles. The molecule has 6 heteroatoms. The van der Waals surface area contributed by atoms with Crippen molar-refractivity contribution in [2.24, 2.45) is 11.8 Å². The third-order valence-electron chi connectivity index (χ3n) is 10.0. The molecule has 1 fully saturated rings. The molecule has 0 radical (unpaired) electrons. The minimum absolute atomic E-state index is 0.00601. The van der Waals surface area contributed by atoms with Crippen LogP contribution in [-0.4, -0.2) is 36.0 Å². The van der Waals surface area contributed by atoms with Gasteiger partial charge in [-0.3, -0.25) is 4.79 Å². The summed E-state index contributed by atoms with van der Waals surface area (Å²) in [5.74, 6) is -0.454. The van der Waals surface area contributed by atoms with Crippen LogP contribution in [0.2, 0.25) is 0 Å². The second kappa shape index (κ2) is 26.5. The van der Waals surface area contributed by atoms with E-state index in [1.807, 2.05) is 0 Å². The molecule has 2 rings (SSSR count). The highest BCUT2D eigenvalue weighted by atomic mass is 19.2. The van der Waals surface area contributed by atoms with Gasteiger partial charge in [0.05, 0.1) is 12.5 Å². The fraction of sp³-hybridized carbons (Fsp3) is 0.821. The number of carbonyl (C=O) groups is 1. The SMILES string of the molecule is O=C(OCCCCCCCCCCCCC[C@H]1CC[C@H](c2cccc(F)c2F)CC1)C(CCCCCCO)CCCCCCO. The van der Waals surface area contributed by atoms with Gasteiger partial charge in [-0.2, -0.15) is 0 Å². The van der Waals surface area contributed by atoms with Gasteiger partial charge in [-0.15, -0.1) is 0 Å². The number of carbonyl (C=O) groups excluding carboxylic acids is 1. The van der Waals surface area contributed by atoms with Crippen LogP contribution in [0.5, 0.6) is 0 Å². The van der Waals surface area contributed by atoms with Crippen LogP contribution < -0.4 is 0 Å². The maximum absolute atomic E-state index is 14.1. The number of hydrogen-bond donors (Lipinski definition) is 2. The maximum Gasteiger partial charge on any atom is 0.308 e. The van der Waals surface area contributed by atoms with Gasteiger partial charge >= 0.3 is 5.97 Å². The molecule has 0 bridgehead atoms. The number of benzene rings is 1. The summed E-state index contributed by atoms with van der Waals surface area (Å²) in [5.41, 5.74) is 0.578. The van der Waals surface area contributed by atoms with E-state index in [1.165, 1.54) is 70.3 Å². The van der Waals surface area contributed by atoms with Gasteiger partial charge in [-0.1, -0.05) is 121 Å². The zero-order valence-electron chi connectivity index (χ0n) is 28.4. The van der Waals surface area contributed by atoms with Crippen LogP contribution in [-0.2, 0) is 9.53 Å². The van der Waals surface area contributed by atoms with Gasteiger partial charge in [0.25, 0.3) is 0 Å². The third kappa shape index (κ3) is 18.4. The predicted octanol–water partition coefficient (Wildman–Crippen LogP) is 11.0. The predicted molar refractivity (Wildman–Crippen MR) is 181 cm³/mol. The van der Waals surface area contributed by atoms with Crippen molar-refractivity contribution in [3.8, 4) is 0 Å². The Morgan fingerprint density at radius 2 is 1.16 bits per heavy atom. The molecule has 1 aliphatic carbocycles. The smallest absolute Gasteiger partial charge is 0.308 e. The molecule has 0 unspecified atom stereocenters. The number of aliphatic hydroxyl groups excluding tert-OH is 2.